The van der Waals surface area contributed by atoms with Gasteiger partial charge in [0.05, 0.1) is 19.1 Å². The maximum atomic E-state index is 11.9. The average molecular weight is 210 g/mol. The monoisotopic (exact) mass is 210 g/mol. The van der Waals surface area contributed by atoms with Crippen molar-refractivity contribution in [2.45, 2.75) is 18.9 Å². The van der Waals surface area contributed by atoms with Crippen LogP contribution >= 0.6 is 0 Å². The highest BCUT2D eigenvalue weighted by Gasteiger charge is 2.21. The van der Waals surface area contributed by atoms with Crippen LogP contribution < -0.4 is 5.32 Å². The Balaban J connectivity index is 1.77. The summed E-state index contributed by atoms with van der Waals surface area (Å²) in [5.41, 5.74) is 0. The maximum absolute atomic E-state index is 11.9. The molecule has 4 heteroatoms. The number of carbonyl (C=O) groups is 1. The number of ether oxygens (including phenoxy) is 1. The van der Waals surface area contributed by atoms with Crippen LogP contribution in [0.2, 0.25) is 0 Å². The lowest BCUT2D eigenvalue weighted by Gasteiger charge is -2.28. The summed E-state index contributed by atoms with van der Waals surface area (Å²) in [5.74, 6) is 0.216. The third kappa shape index (κ3) is 3.04. The van der Waals surface area contributed by atoms with Gasteiger partial charge in [-0.25, -0.2) is 0 Å². The molecule has 1 saturated heterocycles. The number of nitrogens with zero attached hydrogens (tertiary/aromatic N) is 1. The van der Waals surface area contributed by atoms with E-state index >= 15 is 0 Å². The molecule has 2 heterocycles. The van der Waals surface area contributed by atoms with Crippen molar-refractivity contribution in [1.82, 2.24) is 10.2 Å². The van der Waals surface area contributed by atoms with E-state index in [2.05, 4.69) is 17.5 Å². The topological polar surface area (TPSA) is 41.6 Å². The van der Waals surface area contributed by atoms with E-state index in [9.17, 15) is 4.79 Å². The second-order valence-electron chi connectivity index (χ2n) is 4.00. The molecule has 0 aromatic rings. The van der Waals surface area contributed by atoms with Gasteiger partial charge in [-0.1, -0.05) is 12.2 Å². The van der Waals surface area contributed by atoms with E-state index in [1.165, 1.54) is 0 Å². The van der Waals surface area contributed by atoms with E-state index in [1.807, 2.05) is 4.90 Å². The van der Waals surface area contributed by atoms with Gasteiger partial charge in [-0.15, -0.1) is 0 Å². The van der Waals surface area contributed by atoms with Gasteiger partial charge in [-0.05, 0) is 6.42 Å². The third-order valence-corrected chi connectivity index (χ3v) is 2.82. The van der Waals surface area contributed by atoms with Crippen molar-refractivity contribution < 1.29 is 9.53 Å². The van der Waals surface area contributed by atoms with Crippen molar-refractivity contribution in [3.8, 4) is 0 Å². The molecular weight excluding hydrogens is 192 g/mol. The molecule has 0 saturated carbocycles. The molecule has 2 aliphatic heterocycles. The highest BCUT2D eigenvalue weighted by Crippen LogP contribution is 2.08. The van der Waals surface area contributed by atoms with Crippen molar-refractivity contribution in [3.05, 3.63) is 12.2 Å². The summed E-state index contributed by atoms with van der Waals surface area (Å²) in [5, 5.41) is 3.23. The fourth-order valence-electron chi connectivity index (χ4n) is 1.94. The molecular formula is C11H18N2O2. The quantitative estimate of drug-likeness (QED) is 0.660. The highest BCUT2D eigenvalue weighted by molar-refractivity contribution is 5.77. The van der Waals surface area contributed by atoms with Crippen LogP contribution in [0, 0.1) is 0 Å². The van der Waals surface area contributed by atoms with Crippen LogP contribution in [-0.2, 0) is 9.53 Å². The first-order chi connectivity index (χ1) is 7.36. The minimum atomic E-state index is 0.0668. The van der Waals surface area contributed by atoms with Gasteiger partial charge in [0, 0.05) is 26.2 Å². The van der Waals surface area contributed by atoms with Crippen molar-refractivity contribution in [2.24, 2.45) is 0 Å². The van der Waals surface area contributed by atoms with E-state index in [1.54, 1.807) is 0 Å². The summed E-state index contributed by atoms with van der Waals surface area (Å²) < 4.78 is 5.51. The van der Waals surface area contributed by atoms with E-state index in [0.29, 0.717) is 6.42 Å². The number of hydrogen-bond acceptors (Lipinski definition) is 3. The predicted molar refractivity (Wildman–Crippen MR) is 57.6 cm³/mol. The normalized spacial score (nSPS) is 26.7. The molecule has 0 aromatic carbocycles. The Morgan fingerprint density at radius 2 is 2.47 bits per heavy atom. The first kappa shape index (κ1) is 10.6. The van der Waals surface area contributed by atoms with Crippen LogP contribution in [0.15, 0.2) is 12.2 Å². The van der Waals surface area contributed by atoms with Gasteiger partial charge in [0.2, 0.25) is 5.91 Å². The van der Waals surface area contributed by atoms with Crippen molar-refractivity contribution in [3.63, 3.8) is 0 Å². The Morgan fingerprint density at radius 1 is 1.53 bits per heavy atom. The van der Waals surface area contributed by atoms with Crippen LogP contribution in [0.25, 0.3) is 0 Å². The first-order valence-electron chi connectivity index (χ1n) is 5.61. The molecule has 1 amide bonds. The summed E-state index contributed by atoms with van der Waals surface area (Å²) in [6.07, 6.45) is 5.75. The standard InChI is InChI=1S/C11H18N2O2/c14-11(13-5-2-1-3-6-13)8-10-9-12-4-7-15-10/h1-2,10,12H,3-9H2. The number of hydrogen-bond donors (Lipinski definition) is 1. The van der Waals surface area contributed by atoms with Crippen LogP contribution in [0.3, 0.4) is 0 Å². The molecule has 1 N–H and O–H groups in total. The molecule has 1 fully saturated rings. The lowest BCUT2D eigenvalue weighted by Crippen LogP contribution is -2.43. The van der Waals surface area contributed by atoms with Gasteiger partial charge < -0.3 is 15.0 Å². The Morgan fingerprint density at radius 3 is 3.13 bits per heavy atom. The largest absolute Gasteiger partial charge is 0.375 e. The van der Waals surface area contributed by atoms with Gasteiger partial charge >= 0.3 is 0 Å². The van der Waals surface area contributed by atoms with Gasteiger partial charge in [0.15, 0.2) is 0 Å². The molecule has 2 aliphatic rings. The minimum absolute atomic E-state index is 0.0668. The van der Waals surface area contributed by atoms with Crippen LogP contribution in [0.4, 0.5) is 0 Å². The summed E-state index contributed by atoms with van der Waals surface area (Å²) in [6.45, 7) is 4.04. The van der Waals surface area contributed by atoms with Crippen molar-refractivity contribution in [2.75, 3.05) is 32.8 Å². The molecule has 1 atom stereocenters. The molecule has 0 aliphatic carbocycles. The lowest BCUT2D eigenvalue weighted by molar-refractivity contribution is -0.134. The Bertz CT molecular complexity index is 247. The van der Waals surface area contributed by atoms with Gasteiger partial charge in [0.1, 0.15) is 0 Å². The van der Waals surface area contributed by atoms with Gasteiger partial charge in [0.25, 0.3) is 0 Å². The van der Waals surface area contributed by atoms with E-state index in [0.717, 1.165) is 39.2 Å². The molecule has 0 bridgehead atoms. The zero-order valence-electron chi connectivity index (χ0n) is 8.95. The SMILES string of the molecule is O=C(CC1CNCCO1)N1CC=CCC1. The Labute approximate surface area is 90.3 Å². The smallest absolute Gasteiger partial charge is 0.225 e. The molecule has 0 aromatic heterocycles. The fourth-order valence-corrected chi connectivity index (χ4v) is 1.94. The van der Waals surface area contributed by atoms with Crippen LogP contribution in [-0.4, -0.2) is 49.7 Å². The Hall–Kier alpha value is -0.870. The van der Waals surface area contributed by atoms with E-state index in [4.69, 9.17) is 4.74 Å². The Kier molecular flexibility index (Phi) is 3.75. The molecule has 2 rings (SSSR count). The summed E-state index contributed by atoms with van der Waals surface area (Å²) >= 11 is 0. The third-order valence-electron chi connectivity index (χ3n) is 2.82. The predicted octanol–water partition coefficient (Wildman–Crippen LogP) is 0.153. The zero-order valence-corrected chi connectivity index (χ0v) is 8.95. The maximum Gasteiger partial charge on any atom is 0.225 e. The molecule has 84 valence electrons. The number of amides is 1. The van der Waals surface area contributed by atoms with Gasteiger partial charge in [-0.3, -0.25) is 4.79 Å². The molecule has 1 unspecified atom stereocenters. The first-order valence-corrected chi connectivity index (χ1v) is 5.61. The second kappa shape index (κ2) is 5.28. The zero-order chi connectivity index (χ0) is 10.5. The van der Waals surface area contributed by atoms with Crippen LogP contribution in [0.1, 0.15) is 12.8 Å². The summed E-state index contributed by atoms with van der Waals surface area (Å²) in [4.78, 5) is 13.8. The number of nitrogens with one attached hydrogen (secondary N) is 1. The van der Waals surface area contributed by atoms with Crippen molar-refractivity contribution in [1.29, 1.82) is 0 Å². The molecule has 4 nitrogen and oxygen atoms in total. The van der Waals surface area contributed by atoms with Crippen molar-refractivity contribution >= 4 is 5.91 Å². The van der Waals surface area contributed by atoms with E-state index in [-0.39, 0.29) is 12.0 Å². The van der Waals surface area contributed by atoms with Crippen LogP contribution in [0.5, 0.6) is 0 Å². The average Bonchev–Trinajstić information content (AvgIpc) is 2.31. The number of rotatable bonds is 2. The molecule has 0 spiro atoms. The molecule has 0 radical (unpaired) electrons. The summed E-state index contributed by atoms with van der Waals surface area (Å²) in [7, 11) is 0. The summed E-state index contributed by atoms with van der Waals surface area (Å²) in [6, 6.07) is 0. The number of morpholine rings is 1. The molecule has 15 heavy (non-hydrogen) atoms. The highest BCUT2D eigenvalue weighted by atomic mass is 16.5. The fraction of sp³-hybridized carbons (Fsp3) is 0.727. The van der Waals surface area contributed by atoms with E-state index < -0.39 is 0 Å². The number of carbonyl (C=O) groups excluding carboxylic acids is 1. The lowest BCUT2D eigenvalue weighted by atomic mass is 10.1. The minimum Gasteiger partial charge on any atom is -0.375 e. The second-order valence-corrected chi connectivity index (χ2v) is 4.00. The van der Waals surface area contributed by atoms with Gasteiger partial charge in [-0.2, -0.15) is 0 Å².